The molecular weight excluding hydrogens is 287 g/mol. The second-order valence-corrected chi connectivity index (χ2v) is 4.84. The highest BCUT2D eigenvalue weighted by Gasteiger charge is 2.28. The van der Waals surface area contributed by atoms with Crippen molar-refractivity contribution in [3.05, 3.63) is 23.8 Å². The fraction of sp³-hybridized carbons (Fsp3) is 0.385. The second kappa shape index (κ2) is 5.72. The standard InChI is InChI=1S/C13H14F3N3O2/c14-13(15,16)4-3-8(17)7-1-2-9-10(5-7)19-12(21)6-11(20)18-9/h1-2,5,8H,3-4,6,17H2,(H,18,20)(H,19,21). The van der Waals surface area contributed by atoms with Crippen LogP contribution in [0.15, 0.2) is 18.2 Å². The number of hydrogen-bond donors (Lipinski definition) is 3. The van der Waals surface area contributed by atoms with Gasteiger partial charge in [-0.25, -0.2) is 0 Å². The van der Waals surface area contributed by atoms with E-state index in [0.29, 0.717) is 16.9 Å². The van der Waals surface area contributed by atoms with Gasteiger partial charge in [-0.3, -0.25) is 9.59 Å². The third kappa shape index (κ3) is 4.19. The van der Waals surface area contributed by atoms with E-state index in [0.717, 1.165) is 0 Å². The van der Waals surface area contributed by atoms with Crippen LogP contribution in [0.2, 0.25) is 0 Å². The molecule has 0 aliphatic carbocycles. The predicted molar refractivity (Wildman–Crippen MR) is 70.5 cm³/mol. The van der Waals surface area contributed by atoms with Gasteiger partial charge in [0.2, 0.25) is 11.8 Å². The summed E-state index contributed by atoms with van der Waals surface area (Å²) in [5.74, 6) is -0.923. The molecule has 0 radical (unpaired) electrons. The van der Waals surface area contributed by atoms with E-state index in [9.17, 15) is 22.8 Å². The highest BCUT2D eigenvalue weighted by atomic mass is 19.4. The third-order valence-corrected chi connectivity index (χ3v) is 3.08. The van der Waals surface area contributed by atoms with E-state index in [1.54, 1.807) is 0 Å². The van der Waals surface area contributed by atoms with Crippen LogP contribution in [-0.2, 0) is 9.59 Å². The van der Waals surface area contributed by atoms with Gasteiger partial charge < -0.3 is 16.4 Å². The van der Waals surface area contributed by atoms with Crippen molar-refractivity contribution in [3.8, 4) is 0 Å². The van der Waals surface area contributed by atoms with Crippen molar-refractivity contribution in [2.45, 2.75) is 31.5 Å². The van der Waals surface area contributed by atoms with Gasteiger partial charge in [0, 0.05) is 12.5 Å². The van der Waals surface area contributed by atoms with Crippen molar-refractivity contribution in [3.63, 3.8) is 0 Å². The molecule has 2 rings (SSSR count). The van der Waals surface area contributed by atoms with E-state index in [-0.39, 0.29) is 12.8 Å². The van der Waals surface area contributed by atoms with Gasteiger partial charge in [0.25, 0.3) is 0 Å². The average molecular weight is 301 g/mol. The molecule has 0 spiro atoms. The Balaban J connectivity index is 2.16. The highest BCUT2D eigenvalue weighted by molar-refractivity contribution is 6.13. The number of amides is 2. The maximum Gasteiger partial charge on any atom is 0.389 e. The Bertz CT molecular complexity index is 572. The molecule has 0 fully saturated rings. The SMILES string of the molecule is NC(CCC(F)(F)F)c1ccc2c(c1)NC(=O)CC(=O)N2. The summed E-state index contributed by atoms with van der Waals surface area (Å²) in [4.78, 5) is 22.8. The number of benzene rings is 1. The first-order valence-electron chi connectivity index (χ1n) is 6.30. The highest BCUT2D eigenvalue weighted by Crippen LogP contribution is 2.31. The van der Waals surface area contributed by atoms with Gasteiger partial charge in [-0.05, 0) is 24.1 Å². The van der Waals surface area contributed by atoms with Gasteiger partial charge in [-0.15, -0.1) is 0 Å². The summed E-state index contributed by atoms with van der Waals surface area (Å²) >= 11 is 0. The number of nitrogens with two attached hydrogens (primary N) is 1. The van der Waals surface area contributed by atoms with E-state index in [2.05, 4.69) is 10.6 Å². The molecule has 21 heavy (non-hydrogen) atoms. The Kier molecular flexibility index (Phi) is 4.17. The zero-order chi connectivity index (χ0) is 15.6. The molecule has 0 aromatic heterocycles. The normalized spacial score (nSPS) is 16.6. The number of carbonyl (C=O) groups is 2. The smallest absolute Gasteiger partial charge is 0.324 e. The quantitative estimate of drug-likeness (QED) is 0.749. The van der Waals surface area contributed by atoms with Gasteiger partial charge in [0.05, 0.1) is 11.4 Å². The molecule has 0 saturated carbocycles. The number of carbonyl (C=O) groups excluding carboxylic acids is 2. The lowest BCUT2D eigenvalue weighted by molar-refractivity contribution is -0.136. The summed E-state index contributed by atoms with van der Waals surface area (Å²) in [6.45, 7) is 0. The number of nitrogens with one attached hydrogen (secondary N) is 2. The first-order valence-corrected chi connectivity index (χ1v) is 6.30. The van der Waals surface area contributed by atoms with Crippen LogP contribution in [0.1, 0.15) is 30.9 Å². The molecule has 114 valence electrons. The Hall–Kier alpha value is -2.09. The number of anilines is 2. The van der Waals surface area contributed by atoms with Crippen LogP contribution in [0.25, 0.3) is 0 Å². The van der Waals surface area contributed by atoms with Gasteiger partial charge in [0.15, 0.2) is 0 Å². The van der Waals surface area contributed by atoms with Crippen LogP contribution in [0.3, 0.4) is 0 Å². The lowest BCUT2D eigenvalue weighted by Gasteiger charge is -2.16. The van der Waals surface area contributed by atoms with Crippen LogP contribution in [0.4, 0.5) is 24.5 Å². The van der Waals surface area contributed by atoms with E-state index in [1.807, 2.05) is 0 Å². The van der Waals surface area contributed by atoms with Crippen molar-refractivity contribution in [1.82, 2.24) is 0 Å². The molecule has 8 heteroatoms. The molecule has 1 unspecified atom stereocenters. The second-order valence-electron chi connectivity index (χ2n) is 4.84. The van der Waals surface area contributed by atoms with Gasteiger partial charge in [-0.2, -0.15) is 13.2 Å². The molecule has 1 aromatic rings. The van der Waals surface area contributed by atoms with E-state index in [1.165, 1.54) is 18.2 Å². The first-order chi connectivity index (χ1) is 9.74. The van der Waals surface area contributed by atoms with Crippen LogP contribution in [-0.4, -0.2) is 18.0 Å². The molecule has 1 aliphatic rings. The fourth-order valence-corrected chi connectivity index (χ4v) is 2.03. The molecule has 0 bridgehead atoms. The molecule has 1 aromatic carbocycles. The van der Waals surface area contributed by atoms with Crippen molar-refractivity contribution in [2.24, 2.45) is 5.73 Å². The van der Waals surface area contributed by atoms with Crippen LogP contribution in [0, 0.1) is 0 Å². The van der Waals surface area contributed by atoms with Gasteiger partial charge >= 0.3 is 6.18 Å². The monoisotopic (exact) mass is 301 g/mol. The molecule has 0 saturated heterocycles. The lowest BCUT2D eigenvalue weighted by atomic mass is 10.0. The van der Waals surface area contributed by atoms with Crippen LogP contribution in [0.5, 0.6) is 0 Å². The van der Waals surface area contributed by atoms with Crippen molar-refractivity contribution >= 4 is 23.2 Å². The molecule has 1 atom stereocenters. The van der Waals surface area contributed by atoms with E-state index >= 15 is 0 Å². The molecule has 1 heterocycles. The van der Waals surface area contributed by atoms with Crippen molar-refractivity contribution < 1.29 is 22.8 Å². The largest absolute Gasteiger partial charge is 0.389 e. The summed E-state index contributed by atoms with van der Waals surface area (Å²) < 4.78 is 36.6. The summed E-state index contributed by atoms with van der Waals surface area (Å²) in [7, 11) is 0. The van der Waals surface area contributed by atoms with Gasteiger partial charge in [0.1, 0.15) is 6.42 Å². The Labute approximate surface area is 118 Å². The zero-order valence-electron chi connectivity index (χ0n) is 11.0. The number of alkyl halides is 3. The maximum absolute atomic E-state index is 12.2. The summed E-state index contributed by atoms with van der Waals surface area (Å²) in [6.07, 6.45) is -5.79. The molecule has 2 amide bonds. The third-order valence-electron chi connectivity index (χ3n) is 3.08. The van der Waals surface area contributed by atoms with Crippen LogP contribution < -0.4 is 16.4 Å². The molecular formula is C13H14F3N3O2. The maximum atomic E-state index is 12.2. The summed E-state index contributed by atoms with van der Waals surface area (Å²) in [5, 5.41) is 5.05. The van der Waals surface area contributed by atoms with Crippen LogP contribution >= 0.6 is 0 Å². The molecule has 5 nitrogen and oxygen atoms in total. The number of hydrogen-bond acceptors (Lipinski definition) is 3. The van der Waals surface area contributed by atoms with Crippen molar-refractivity contribution in [2.75, 3.05) is 10.6 Å². The Morgan fingerprint density at radius 2 is 1.76 bits per heavy atom. The Morgan fingerprint density at radius 1 is 1.14 bits per heavy atom. The first kappa shape index (κ1) is 15.3. The number of halogens is 3. The van der Waals surface area contributed by atoms with Crippen molar-refractivity contribution in [1.29, 1.82) is 0 Å². The zero-order valence-corrected chi connectivity index (χ0v) is 11.0. The average Bonchev–Trinajstić information content (AvgIpc) is 2.50. The number of rotatable bonds is 3. The molecule has 1 aliphatic heterocycles. The predicted octanol–water partition coefficient (Wildman–Crippen LogP) is 2.31. The van der Waals surface area contributed by atoms with E-state index in [4.69, 9.17) is 5.73 Å². The Morgan fingerprint density at radius 3 is 2.38 bits per heavy atom. The minimum absolute atomic E-state index is 0.247. The minimum Gasteiger partial charge on any atom is -0.324 e. The van der Waals surface area contributed by atoms with Gasteiger partial charge in [-0.1, -0.05) is 6.07 Å². The topological polar surface area (TPSA) is 84.2 Å². The fourth-order valence-electron chi connectivity index (χ4n) is 2.03. The molecule has 4 N–H and O–H groups in total. The summed E-state index contributed by atoms with van der Waals surface area (Å²) in [5.41, 5.74) is 6.94. The number of fused-ring (bicyclic) bond motifs is 1. The van der Waals surface area contributed by atoms with E-state index < -0.39 is 30.5 Å². The minimum atomic E-state index is -4.26. The lowest BCUT2D eigenvalue weighted by Crippen LogP contribution is -2.16. The summed E-state index contributed by atoms with van der Waals surface area (Å²) in [6, 6.07) is 3.74.